The molecule has 1 aromatic rings. The minimum absolute atomic E-state index is 0.0705. The number of fused-ring (bicyclic) bond motifs is 1. The number of nitrogens with two attached hydrogens (primary N) is 1. The predicted octanol–water partition coefficient (Wildman–Crippen LogP) is 2.17. The first-order valence-corrected chi connectivity index (χ1v) is 5.11. The van der Waals surface area contributed by atoms with Crippen LogP contribution in [0.25, 0.3) is 12.2 Å². The summed E-state index contributed by atoms with van der Waals surface area (Å²) < 4.78 is 0. The third-order valence-corrected chi connectivity index (χ3v) is 2.63. The molecule has 0 radical (unpaired) electrons. The van der Waals surface area contributed by atoms with Crippen molar-refractivity contribution < 1.29 is 9.90 Å². The van der Waals surface area contributed by atoms with E-state index in [1.165, 1.54) is 0 Å². The van der Waals surface area contributed by atoms with E-state index in [9.17, 15) is 9.90 Å². The number of hydrogen-bond acceptors (Lipinski definition) is 2. The third-order valence-electron chi connectivity index (χ3n) is 2.63. The molecule has 0 saturated heterocycles. The van der Waals surface area contributed by atoms with Crippen molar-refractivity contribution in [3.63, 3.8) is 0 Å². The van der Waals surface area contributed by atoms with Crippen LogP contribution in [0.3, 0.4) is 0 Å². The van der Waals surface area contributed by atoms with Crippen LogP contribution >= 0.6 is 0 Å². The van der Waals surface area contributed by atoms with Gasteiger partial charge in [-0.2, -0.15) is 0 Å². The summed E-state index contributed by atoms with van der Waals surface area (Å²) in [5.74, 6) is -0.347. The number of carbonyl (C=O) groups excluding carboxylic acids is 1. The second-order valence-corrected chi connectivity index (χ2v) is 3.94. The van der Waals surface area contributed by atoms with Gasteiger partial charge in [0.25, 0.3) is 5.91 Å². The van der Waals surface area contributed by atoms with Crippen molar-refractivity contribution in [3.05, 3.63) is 41.0 Å². The van der Waals surface area contributed by atoms with E-state index in [1.807, 2.05) is 24.3 Å². The Bertz CT molecular complexity index is 501. The summed E-state index contributed by atoms with van der Waals surface area (Å²) in [5, 5.41) is 9.64. The summed E-state index contributed by atoms with van der Waals surface area (Å²) in [6, 6.07) is 3.18. The molecule has 1 amide bonds. The number of carbonyl (C=O) groups is 1. The lowest BCUT2D eigenvalue weighted by molar-refractivity contribution is 0.0998. The summed E-state index contributed by atoms with van der Waals surface area (Å²) in [7, 11) is 0. The molecule has 3 N–H and O–H groups in total. The highest BCUT2D eigenvalue weighted by Gasteiger charge is 2.11. The molecule has 2 rings (SSSR count). The number of benzene rings is 1. The largest absolute Gasteiger partial charge is 0.507 e. The van der Waals surface area contributed by atoms with Gasteiger partial charge >= 0.3 is 0 Å². The molecule has 1 unspecified atom stereocenters. The summed E-state index contributed by atoms with van der Waals surface area (Å²) in [6.45, 7) is 2.06. The van der Waals surface area contributed by atoms with Crippen molar-refractivity contribution in [2.24, 2.45) is 11.7 Å². The quantitative estimate of drug-likeness (QED) is 0.754. The smallest absolute Gasteiger partial charge is 0.252 e. The fourth-order valence-corrected chi connectivity index (χ4v) is 1.68. The summed E-state index contributed by atoms with van der Waals surface area (Å²) in [6.07, 6.45) is 7.94. The molecule has 0 heterocycles. The van der Waals surface area contributed by atoms with Gasteiger partial charge in [-0.25, -0.2) is 0 Å². The molecule has 16 heavy (non-hydrogen) atoms. The topological polar surface area (TPSA) is 63.3 Å². The fourth-order valence-electron chi connectivity index (χ4n) is 1.68. The standard InChI is InChI=1S/C13H13NO2/c1-8-2-4-9-6-11(13(14)16)12(15)7-10(9)5-3-8/h2-8,15H,1H3,(H2,14,16). The van der Waals surface area contributed by atoms with E-state index in [1.54, 1.807) is 12.1 Å². The first-order valence-electron chi connectivity index (χ1n) is 5.11. The van der Waals surface area contributed by atoms with Crippen LogP contribution in [0, 0.1) is 5.92 Å². The maximum absolute atomic E-state index is 11.1. The van der Waals surface area contributed by atoms with Crippen LogP contribution in [0.1, 0.15) is 28.4 Å². The van der Waals surface area contributed by atoms with Crippen molar-refractivity contribution in [2.75, 3.05) is 0 Å². The zero-order chi connectivity index (χ0) is 11.7. The first kappa shape index (κ1) is 10.5. The number of amides is 1. The zero-order valence-corrected chi connectivity index (χ0v) is 8.97. The van der Waals surface area contributed by atoms with E-state index in [4.69, 9.17) is 5.73 Å². The fraction of sp³-hybridized carbons (Fsp3) is 0.154. The van der Waals surface area contributed by atoms with Crippen LogP contribution in [0.4, 0.5) is 0 Å². The van der Waals surface area contributed by atoms with Gasteiger partial charge in [-0.15, -0.1) is 0 Å². The lowest BCUT2D eigenvalue weighted by Gasteiger charge is -2.05. The Morgan fingerprint density at radius 3 is 2.38 bits per heavy atom. The van der Waals surface area contributed by atoms with Gasteiger partial charge in [0.05, 0.1) is 5.56 Å². The van der Waals surface area contributed by atoms with E-state index in [0.717, 1.165) is 11.1 Å². The summed E-state index contributed by atoms with van der Waals surface area (Å²) in [5.41, 5.74) is 7.12. The molecule has 1 aromatic carbocycles. The third kappa shape index (κ3) is 1.84. The van der Waals surface area contributed by atoms with Crippen LogP contribution in [-0.2, 0) is 0 Å². The van der Waals surface area contributed by atoms with E-state index in [-0.39, 0.29) is 11.3 Å². The zero-order valence-electron chi connectivity index (χ0n) is 8.97. The Kier molecular flexibility index (Phi) is 2.52. The van der Waals surface area contributed by atoms with Gasteiger partial charge in [0, 0.05) is 0 Å². The van der Waals surface area contributed by atoms with Crippen molar-refractivity contribution in [2.45, 2.75) is 6.92 Å². The summed E-state index contributed by atoms with van der Waals surface area (Å²) in [4.78, 5) is 11.1. The first-order chi connectivity index (χ1) is 7.58. The Morgan fingerprint density at radius 2 is 1.81 bits per heavy atom. The van der Waals surface area contributed by atoms with Crippen molar-refractivity contribution in [1.29, 1.82) is 0 Å². The molecule has 1 aliphatic carbocycles. The highest BCUT2D eigenvalue weighted by atomic mass is 16.3. The molecule has 0 fully saturated rings. The molecule has 82 valence electrons. The molecule has 1 atom stereocenters. The Balaban J connectivity index is 2.59. The highest BCUT2D eigenvalue weighted by Crippen LogP contribution is 2.27. The second kappa shape index (κ2) is 3.85. The Morgan fingerprint density at radius 1 is 1.25 bits per heavy atom. The molecule has 3 nitrogen and oxygen atoms in total. The van der Waals surface area contributed by atoms with E-state index < -0.39 is 5.91 Å². The molecule has 0 spiro atoms. The molecule has 0 bridgehead atoms. The van der Waals surface area contributed by atoms with Gasteiger partial charge in [-0.1, -0.05) is 31.2 Å². The van der Waals surface area contributed by atoms with Gasteiger partial charge in [-0.05, 0) is 29.2 Å². The van der Waals surface area contributed by atoms with E-state index in [0.29, 0.717) is 5.92 Å². The van der Waals surface area contributed by atoms with Gasteiger partial charge in [-0.3, -0.25) is 4.79 Å². The van der Waals surface area contributed by atoms with Crippen LogP contribution in [0.15, 0.2) is 24.3 Å². The van der Waals surface area contributed by atoms with Crippen LogP contribution in [0.2, 0.25) is 0 Å². The molecule has 0 aromatic heterocycles. The average molecular weight is 215 g/mol. The molecule has 0 aliphatic heterocycles. The second-order valence-electron chi connectivity index (χ2n) is 3.94. The molecular weight excluding hydrogens is 202 g/mol. The highest BCUT2D eigenvalue weighted by molar-refractivity contribution is 5.97. The Labute approximate surface area is 93.9 Å². The maximum Gasteiger partial charge on any atom is 0.252 e. The lowest BCUT2D eigenvalue weighted by Crippen LogP contribution is -2.11. The van der Waals surface area contributed by atoms with Crippen molar-refractivity contribution in [1.82, 2.24) is 0 Å². The number of primary amides is 1. The number of hydrogen-bond donors (Lipinski definition) is 2. The molecular formula is C13H13NO2. The Hall–Kier alpha value is -2.03. The molecule has 1 aliphatic rings. The van der Waals surface area contributed by atoms with Crippen LogP contribution in [0.5, 0.6) is 5.75 Å². The summed E-state index contributed by atoms with van der Waals surface area (Å²) >= 11 is 0. The van der Waals surface area contributed by atoms with E-state index in [2.05, 4.69) is 6.92 Å². The maximum atomic E-state index is 11.1. The normalized spacial score (nSPS) is 17.9. The minimum Gasteiger partial charge on any atom is -0.507 e. The number of allylic oxidation sites excluding steroid dienone is 2. The van der Waals surface area contributed by atoms with E-state index >= 15 is 0 Å². The predicted molar refractivity (Wildman–Crippen MR) is 63.9 cm³/mol. The van der Waals surface area contributed by atoms with Gasteiger partial charge < -0.3 is 10.8 Å². The number of aromatic hydroxyl groups is 1. The van der Waals surface area contributed by atoms with Gasteiger partial charge in [0.15, 0.2) is 0 Å². The lowest BCUT2D eigenvalue weighted by atomic mass is 10.0. The minimum atomic E-state index is -0.616. The SMILES string of the molecule is CC1C=Cc2cc(O)c(C(N)=O)cc2C=C1. The van der Waals surface area contributed by atoms with Gasteiger partial charge in [0.1, 0.15) is 5.75 Å². The molecule has 0 saturated carbocycles. The van der Waals surface area contributed by atoms with Crippen molar-refractivity contribution >= 4 is 18.1 Å². The van der Waals surface area contributed by atoms with Gasteiger partial charge in [0.2, 0.25) is 0 Å². The van der Waals surface area contributed by atoms with Crippen LogP contribution in [-0.4, -0.2) is 11.0 Å². The average Bonchev–Trinajstić information content (AvgIpc) is 2.40. The monoisotopic (exact) mass is 215 g/mol. The number of phenols is 1. The number of rotatable bonds is 1. The van der Waals surface area contributed by atoms with Crippen molar-refractivity contribution in [3.8, 4) is 5.75 Å². The van der Waals surface area contributed by atoms with Crippen LogP contribution < -0.4 is 5.73 Å². The molecule has 3 heteroatoms.